The maximum absolute atomic E-state index is 5.07. The van der Waals surface area contributed by atoms with Crippen LogP contribution in [-0.2, 0) is 23.3 Å². The van der Waals surface area contributed by atoms with Gasteiger partial charge in [-0.15, -0.1) is 0 Å². The molecular formula is C22H27MoN. The predicted molar refractivity (Wildman–Crippen MR) is 103 cm³/mol. The summed E-state index contributed by atoms with van der Waals surface area (Å²) in [7, 11) is 0. The Bertz CT molecular complexity index is 779. The van der Waals surface area contributed by atoms with E-state index in [2.05, 4.69) is 94.1 Å². The van der Waals surface area contributed by atoms with Crippen molar-refractivity contribution in [3.8, 4) is 0 Å². The van der Waals surface area contributed by atoms with Gasteiger partial charge in [-0.3, -0.25) is 0 Å². The summed E-state index contributed by atoms with van der Waals surface area (Å²) in [6.45, 7) is 15.2. The Morgan fingerprint density at radius 2 is 1.75 bits per heavy atom. The molecule has 2 aromatic rings. The molecule has 0 saturated heterocycles. The van der Waals surface area contributed by atoms with E-state index in [0.717, 1.165) is 11.3 Å². The molecule has 24 heavy (non-hydrogen) atoms. The zero-order chi connectivity index (χ0) is 17.7. The zero-order valence-corrected chi connectivity index (χ0v) is 17.3. The first-order valence-corrected chi connectivity index (χ1v) is 10.4. The summed E-state index contributed by atoms with van der Waals surface area (Å²) < 4.78 is 7.50. The van der Waals surface area contributed by atoms with E-state index in [1.165, 1.54) is 16.7 Å². The van der Waals surface area contributed by atoms with Crippen LogP contribution in [0.4, 0.5) is 5.69 Å². The second kappa shape index (κ2) is 8.08. The van der Waals surface area contributed by atoms with Crippen molar-refractivity contribution < 1.29 is 17.9 Å². The minimum absolute atomic E-state index is 0.0587. The molecule has 0 atom stereocenters. The van der Waals surface area contributed by atoms with E-state index in [1.807, 2.05) is 0 Å². The van der Waals surface area contributed by atoms with Crippen LogP contribution in [0.3, 0.4) is 0 Å². The summed E-state index contributed by atoms with van der Waals surface area (Å²) >= 11 is -0.594. The Balaban J connectivity index is 2.46. The third-order valence-corrected chi connectivity index (χ3v) is 6.57. The van der Waals surface area contributed by atoms with Crippen molar-refractivity contribution in [3.05, 3.63) is 71.8 Å². The number of nitrogens with zero attached hydrogens (tertiary/aromatic N) is 1. The standard InChI is InChI=1S/C12H15N.C10H12.Mo/c1-8(2)10-6-5-7-11(9(3)4)12(10)13;1-10(2,3)9-7-5-4-6-8-9;/h5-7,9H,1H2,2-4H3;1,4-8H,2-3H3;. The maximum atomic E-state index is 5.07. The molecule has 0 aromatic heterocycles. The number of hydrogen-bond acceptors (Lipinski definition) is 1. The SMILES string of the molecule is C=C(C)c1cccc(C(C)C)c1[N]=[Mo]=[CH]C(C)(C)c1ccccc1. The van der Waals surface area contributed by atoms with Gasteiger partial charge in [0.15, 0.2) is 0 Å². The Morgan fingerprint density at radius 3 is 2.33 bits per heavy atom. The van der Waals surface area contributed by atoms with Crippen LogP contribution < -0.4 is 0 Å². The molecule has 2 rings (SSSR count). The second-order valence-corrected chi connectivity index (χ2v) is 8.63. The van der Waals surface area contributed by atoms with Crippen LogP contribution in [0.25, 0.3) is 5.57 Å². The van der Waals surface area contributed by atoms with Crippen LogP contribution in [0.15, 0.2) is 58.6 Å². The van der Waals surface area contributed by atoms with Gasteiger partial charge in [0.05, 0.1) is 0 Å². The number of allylic oxidation sites excluding steroid dienone is 1. The Morgan fingerprint density at radius 1 is 1.08 bits per heavy atom. The fourth-order valence-corrected chi connectivity index (χ4v) is 4.49. The van der Waals surface area contributed by atoms with E-state index < -0.39 is 17.9 Å². The van der Waals surface area contributed by atoms with E-state index >= 15 is 0 Å². The normalized spacial score (nSPS) is 11.2. The van der Waals surface area contributed by atoms with Gasteiger partial charge in [0.2, 0.25) is 0 Å². The van der Waals surface area contributed by atoms with Gasteiger partial charge < -0.3 is 0 Å². The van der Waals surface area contributed by atoms with Crippen molar-refractivity contribution in [1.29, 1.82) is 0 Å². The van der Waals surface area contributed by atoms with Crippen LogP contribution in [0.1, 0.15) is 57.2 Å². The summed E-state index contributed by atoms with van der Waals surface area (Å²) in [6.07, 6.45) is 0. The third kappa shape index (κ3) is 4.54. The summed E-state index contributed by atoms with van der Waals surface area (Å²) in [4.78, 5) is 0. The van der Waals surface area contributed by atoms with Crippen LogP contribution in [0.2, 0.25) is 0 Å². The first-order chi connectivity index (χ1) is 11.3. The van der Waals surface area contributed by atoms with Gasteiger partial charge >= 0.3 is 155 Å². The zero-order valence-electron chi connectivity index (χ0n) is 15.3. The number of benzene rings is 2. The van der Waals surface area contributed by atoms with E-state index in [4.69, 9.17) is 3.50 Å². The Kier molecular flexibility index (Phi) is 6.35. The second-order valence-electron chi connectivity index (χ2n) is 7.08. The molecule has 0 unspecified atom stereocenters. The van der Waals surface area contributed by atoms with E-state index in [9.17, 15) is 0 Å². The topological polar surface area (TPSA) is 12.4 Å². The summed E-state index contributed by atoms with van der Waals surface area (Å²) in [6, 6.07) is 17.1. The van der Waals surface area contributed by atoms with Gasteiger partial charge in [0, 0.05) is 0 Å². The molecule has 0 fully saturated rings. The Hall–Kier alpha value is -1.46. The predicted octanol–water partition coefficient (Wildman–Crippen LogP) is 6.52. The quantitative estimate of drug-likeness (QED) is 0.506. The molecule has 0 radical (unpaired) electrons. The summed E-state index contributed by atoms with van der Waals surface area (Å²) in [5.41, 5.74) is 6.17. The van der Waals surface area contributed by atoms with Gasteiger partial charge in [0.25, 0.3) is 0 Å². The van der Waals surface area contributed by atoms with Crippen molar-refractivity contribution >= 4 is 15.7 Å². The van der Waals surface area contributed by atoms with Gasteiger partial charge in [-0.1, -0.05) is 0 Å². The number of rotatable bonds is 5. The molecule has 0 aliphatic heterocycles. The Labute approximate surface area is 154 Å². The van der Waals surface area contributed by atoms with Gasteiger partial charge in [0.1, 0.15) is 0 Å². The van der Waals surface area contributed by atoms with E-state index in [0.29, 0.717) is 5.92 Å². The van der Waals surface area contributed by atoms with E-state index in [1.54, 1.807) is 0 Å². The van der Waals surface area contributed by atoms with Crippen molar-refractivity contribution in [3.63, 3.8) is 0 Å². The molecule has 2 heteroatoms. The monoisotopic (exact) mass is 403 g/mol. The molecule has 0 saturated carbocycles. The molecule has 0 N–H and O–H groups in total. The first kappa shape index (κ1) is 18.9. The third-order valence-electron chi connectivity index (χ3n) is 4.16. The van der Waals surface area contributed by atoms with Crippen LogP contribution >= 0.6 is 0 Å². The molecular weight excluding hydrogens is 374 g/mol. The van der Waals surface area contributed by atoms with Crippen molar-refractivity contribution in [2.24, 2.45) is 3.50 Å². The van der Waals surface area contributed by atoms with Crippen molar-refractivity contribution in [1.82, 2.24) is 0 Å². The summed E-state index contributed by atoms with van der Waals surface area (Å²) in [5, 5.41) is 0. The average molecular weight is 401 g/mol. The average Bonchev–Trinajstić information content (AvgIpc) is 2.55. The molecule has 126 valence electrons. The van der Waals surface area contributed by atoms with Gasteiger partial charge in [-0.2, -0.15) is 0 Å². The van der Waals surface area contributed by atoms with Gasteiger partial charge in [-0.25, -0.2) is 0 Å². The van der Waals surface area contributed by atoms with Gasteiger partial charge in [-0.05, 0) is 0 Å². The molecule has 0 heterocycles. The minimum atomic E-state index is -0.594. The van der Waals surface area contributed by atoms with Crippen molar-refractivity contribution in [2.75, 3.05) is 0 Å². The molecule has 0 aliphatic carbocycles. The summed E-state index contributed by atoms with van der Waals surface area (Å²) in [5.74, 6) is 0.470. The molecule has 0 amide bonds. The molecule has 0 bridgehead atoms. The molecule has 1 nitrogen and oxygen atoms in total. The van der Waals surface area contributed by atoms with Crippen LogP contribution in [0.5, 0.6) is 0 Å². The first-order valence-electron chi connectivity index (χ1n) is 8.38. The fraction of sp³-hybridized carbons (Fsp3) is 0.318. The fourth-order valence-electron chi connectivity index (χ4n) is 2.62. The van der Waals surface area contributed by atoms with Crippen molar-refractivity contribution in [2.45, 2.75) is 46.0 Å². The van der Waals surface area contributed by atoms with Crippen LogP contribution in [0, 0.1) is 0 Å². The molecule has 0 aliphatic rings. The van der Waals surface area contributed by atoms with Crippen LogP contribution in [-0.4, -0.2) is 4.40 Å². The van der Waals surface area contributed by atoms with E-state index in [-0.39, 0.29) is 5.41 Å². The molecule has 2 aromatic carbocycles. The number of hydrogen-bond donors (Lipinski definition) is 0. The molecule has 0 spiro atoms.